The summed E-state index contributed by atoms with van der Waals surface area (Å²) >= 11 is 0. The minimum absolute atomic E-state index is 0.0184. The number of esters is 2. The van der Waals surface area contributed by atoms with Crippen LogP contribution in [0, 0.1) is 17.8 Å². The molecule has 0 radical (unpaired) electrons. The Morgan fingerprint density at radius 1 is 1.09 bits per heavy atom. The number of alkyl carbamates (subject to hydrolysis) is 1. The number of hydrogen-bond donors (Lipinski definition) is 3. The number of hydrogen-bond acceptors (Lipinski definition) is 10. The summed E-state index contributed by atoms with van der Waals surface area (Å²) in [6.07, 6.45) is -0.468. The number of aliphatic hydroxyl groups excluding tert-OH is 1. The van der Waals surface area contributed by atoms with Crippen molar-refractivity contribution in [1.29, 1.82) is 0 Å². The normalized spacial score (nSPS) is 24.3. The number of nitrogens with zero attached hydrogens (tertiary/aromatic N) is 1. The van der Waals surface area contributed by atoms with Crippen LogP contribution >= 0.6 is 0 Å². The smallest absolute Gasteiger partial charge is 0.419 e. The Morgan fingerprint density at radius 2 is 1.74 bits per heavy atom. The van der Waals surface area contributed by atoms with Gasteiger partial charge in [-0.3, -0.25) is 14.2 Å². The predicted molar refractivity (Wildman–Crippen MR) is 165 cm³/mol. The molecule has 0 bridgehead atoms. The van der Waals surface area contributed by atoms with Crippen LogP contribution in [0.15, 0.2) is 43.3 Å². The van der Waals surface area contributed by atoms with Gasteiger partial charge in [0.2, 0.25) is 5.91 Å². The summed E-state index contributed by atoms with van der Waals surface area (Å²) in [5.41, 5.74) is -2.40. The van der Waals surface area contributed by atoms with Crippen LogP contribution in [0.5, 0.6) is 0 Å². The molecule has 4 rings (SSSR count). The molecule has 2 aromatic rings. The van der Waals surface area contributed by atoms with E-state index in [0.29, 0.717) is 16.5 Å². The highest BCUT2D eigenvalue weighted by molar-refractivity contribution is 5.96. The van der Waals surface area contributed by atoms with Crippen molar-refractivity contribution in [3.8, 4) is 0 Å². The second kappa shape index (κ2) is 12.8. The van der Waals surface area contributed by atoms with E-state index < -0.39 is 76.7 Å². The zero-order valence-electron chi connectivity index (χ0n) is 27.2. The lowest BCUT2D eigenvalue weighted by Gasteiger charge is -2.33. The van der Waals surface area contributed by atoms with Crippen molar-refractivity contribution in [2.75, 3.05) is 6.61 Å². The maximum absolute atomic E-state index is 14.2. The van der Waals surface area contributed by atoms with Gasteiger partial charge in [-0.15, -0.1) is 0 Å². The Labute approximate surface area is 267 Å². The molecule has 2 aliphatic carbocycles. The van der Waals surface area contributed by atoms with E-state index in [0.717, 1.165) is 6.26 Å². The first kappa shape index (κ1) is 34.5. The maximum atomic E-state index is 14.2. The van der Waals surface area contributed by atoms with Gasteiger partial charge in [0.1, 0.15) is 22.8 Å². The Morgan fingerprint density at radius 3 is 2.35 bits per heavy atom. The van der Waals surface area contributed by atoms with E-state index in [1.54, 1.807) is 72.7 Å². The average Bonchev–Trinajstić information content (AvgIpc) is 3.50. The van der Waals surface area contributed by atoms with Gasteiger partial charge in [-0.05, 0) is 60.1 Å². The number of ether oxygens (including phenoxy) is 4. The molecule has 2 fully saturated rings. The number of nitrogens with one attached hydrogen (secondary N) is 2. The summed E-state index contributed by atoms with van der Waals surface area (Å²) in [6, 6.07) is 5.70. The van der Waals surface area contributed by atoms with Gasteiger partial charge in [0.15, 0.2) is 0 Å². The molecule has 6 atom stereocenters. The van der Waals surface area contributed by atoms with E-state index >= 15 is 0 Å². The number of carbonyl (C=O) groups excluding carboxylic acids is 5. The van der Waals surface area contributed by atoms with Crippen molar-refractivity contribution in [1.82, 2.24) is 15.2 Å². The number of aliphatic hydroxyl groups is 1. The van der Waals surface area contributed by atoms with E-state index in [1.807, 2.05) is 0 Å². The van der Waals surface area contributed by atoms with Crippen molar-refractivity contribution in [2.24, 2.45) is 17.8 Å². The van der Waals surface area contributed by atoms with Gasteiger partial charge in [-0.1, -0.05) is 24.8 Å². The Kier molecular flexibility index (Phi) is 9.58. The quantitative estimate of drug-likeness (QED) is 0.209. The molecule has 0 saturated heterocycles. The Bertz CT molecular complexity index is 1530. The fraction of sp³-hybridized carbons (Fsp3) is 0.545. The Balaban J connectivity index is 1.72. The molecule has 2 saturated carbocycles. The van der Waals surface area contributed by atoms with Gasteiger partial charge in [-0.2, -0.15) is 0 Å². The molecule has 250 valence electrons. The summed E-state index contributed by atoms with van der Waals surface area (Å²) in [5.74, 6) is -4.64. The molecule has 13 heteroatoms. The minimum Gasteiger partial charge on any atom is -0.464 e. The fourth-order valence-corrected chi connectivity index (χ4v) is 6.24. The predicted octanol–water partition coefficient (Wildman–Crippen LogP) is 3.59. The molecule has 46 heavy (non-hydrogen) atoms. The van der Waals surface area contributed by atoms with E-state index in [2.05, 4.69) is 17.2 Å². The summed E-state index contributed by atoms with van der Waals surface area (Å²) in [5, 5.41) is 16.8. The van der Waals surface area contributed by atoms with E-state index in [-0.39, 0.29) is 19.4 Å². The average molecular weight is 642 g/mol. The fourth-order valence-electron chi connectivity index (χ4n) is 6.24. The van der Waals surface area contributed by atoms with Crippen LogP contribution in [-0.2, 0) is 39.8 Å². The van der Waals surface area contributed by atoms with Crippen molar-refractivity contribution in [3.05, 3.63) is 48.9 Å². The van der Waals surface area contributed by atoms with E-state index in [9.17, 15) is 29.1 Å². The second-order valence-electron chi connectivity index (χ2n) is 13.6. The van der Waals surface area contributed by atoms with Crippen molar-refractivity contribution >= 4 is 40.9 Å². The van der Waals surface area contributed by atoms with Crippen molar-refractivity contribution in [2.45, 2.75) is 90.2 Å². The highest BCUT2D eigenvalue weighted by Gasteiger charge is 2.76. The number of benzene rings is 1. The number of carbonyl (C=O) groups is 5. The number of rotatable bonds is 9. The monoisotopic (exact) mass is 641 g/mol. The van der Waals surface area contributed by atoms with Crippen molar-refractivity contribution < 1.29 is 48.0 Å². The molecular weight excluding hydrogens is 598 g/mol. The standard InChI is InChI=1S/C33H43N3O10/c1-9-43-27(39)24-23-22(37)16-33(25(23)24,28(40)44-10-2)35-26(38)20(34-29(41)45-31(3,4)5)15-18-17-36(30(42)46-32(6,7)8)21-14-12-11-13-19(18)21/h9,11-14,17,20,22-25,37H,1,10,15-16H2,2-8H3,(H,34,41)(H,35,38)/t20?,22-,23-,24-,25-,33?/m0/s1. The zero-order chi connectivity index (χ0) is 34.2. The third-order valence-corrected chi connectivity index (χ3v) is 7.89. The largest absolute Gasteiger partial charge is 0.464 e. The van der Waals surface area contributed by atoms with E-state index in [1.165, 1.54) is 10.8 Å². The van der Waals surface area contributed by atoms with Gasteiger partial charge >= 0.3 is 24.1 Å². The van der Waals surface area contributed by atoms with Crippen LogP contribution < -0.4 is 10.6 Å². The van der Waals surface area contributed by atoms with Gasteiger partial charge in [0.25, 0.3) is 0 Å². The van der Waals surface area contributed by atoms with Crippen LogP contribution in [-0.4, -0.2) is 75.2 Å². The summed E-state index contributed by atoms with van der Waals surface area (Å²) in [6.45, 7) is 15.2. The minimum atomic E-state index is -1.78. The molecule has 2 amide bonds. The zero-order valence-corrected chi connectivity index (χ0v) is 27.2. The van der Waals surface area contributed by atoms with E-state index in [4.69, 9.17) is 18.9 Å². The van der Waals surface area contributed by atoms with Crippen molar-refractivity contribution in [3.63, 3.8) is 0 Å². The number of fused-ring (bicyclic) bond motifs is 2. The summed E-state index contributed by atoms with van der Waals surface area (Å²) < 4.78 is 22.6. The first-order valence-corrected chi connectivity index (χ1v) is 15.2. The third kappa shape index (κ3) is 7.19. The first-order chi connectivity index (χ1) is 21.4. The number of aromatic nitrogens is 1. The van der Waals surface area contributed by atoms with Gasteiger partial charge < -0.3 is 34.7 Å². The first-order valence-electron chi connectivity index (χ1n) is 15.2. The lowest BCUT2D eigenvalue weighted by molar-refractivity contribution is -0.156. The van der Waals surface area contributed by atoms with Crippen LogP contribution in [0.1, 0.15) is 60.5 Å². The molecule has 1 aromatic carbocycles. The highest BCUT2D eigenvalue weighted by Crippen LogP contribution is 2.63. The molecule has 2 aliphatic rings. The van der Waals surface area contributed by atoms with Crippen LogP contribution in [0.3, 0.4) is 0 Å². The molecule has 0 spiro atoms. The van der Waals surface area contributed by atoms with Gasteiger partial charge in [-0.25, -0.2) is 14.4 Å². The SMILES string of the molecule is C=COC(=O)[C@H]1[C@H]2[C@@H]1C(NC(=O)C(Cc1cn(C(=O)OC(C)(C)C)c3ccccc13)NC(=O)OC(C)(C)C)(C(=O)OCC)C[C@@H]2O. The van der Waals surface area contributed by atoms with Crippen LogP contribution in [0.4, 0.5) is 9.59 Å². The lowest BCUT2D eigenvalue weighted by atomic mass is 9.88. The van der Waals surface area contributed by atoms with Crippen LogP contribution in [0.25, 0.3) is 10.9 Å². The molecule has 2 unspecified atom stereocenters. The lowest BCUT2D eigenvalue weighted by Crippen LogP contribution is -2.62. The van der Waals surface area contributed by atoms with Gasteiger partial charge in [0.05, 0.1) is 30.4 Å². The Hall–Kier alpha value is -4.39. The second-order valence-corrected chi connectivity index (χ2v) is 13.6. The topological polar surface area (TPSA) is 171 Å². The highest BCUT2D eigenvalue weighted by atomic mass is 16.6. The van der Waals surface area contributed by atoms with Gasteiger partial charge in [0, 0.05) is 36.3 Å². The molecule has 1 aromatic heterocycles. The van der Waals surface area contributed by atoms with Crippen LogP contribution in [0.2, 0.25) is 0 Å². The molecule has 0 aliphatic heterocycles. The molecule has 1 heterocycles. The number of para-hydroxylation sites is 1. The maximum Gasteiger partial charge on any atom is 0.419 e. The third-order valence-electron chi connectivity index (χ3n) is 7.89. The number of amides is 2. The summed E-state index contributed by atoms with van der Waals surface area (Å²) in [7, 11) is 0. The molecule has 3 N–H and O–H groups in total. The molecule has 13 nitrogen and oxygen atoms in total. The summed E-state index contributed by atoms with van der Waals surface area (Å²) in [4.78, 5) is 66.4. The molecular formula is C33H43N3O10.